The number of carboxylic acid groups (broad SMARTS) is 2. The van der Waals surface area contributed by atoms with Crippen molar-refractivity contribution in [2.45, 2.75) is 0 Å². The molecule has 3 N–H and O–H groups in total. The number of rotatable bonds is 8. The minimum atomic E-state index is -1.17. The number of hydrogen-bond donors (Lipinski definition) is 3. The first kappa shape index (κ1) is 22.2. The Balaban J connectivity index is 1.72. The molecular formula is C21H15Cl2NO7. The maximum absolute atomic E-state index is 12.3. The van der Waals surface area contributed by atoms with E-state index in [2.05, 4.69) is 5.32 Å². The fourth-order valence-corrected chi connectivity index (χ4v) is 3.35. The van der Waals surface area contributed by atoms with E-state index in [1.54, 1.807) is 6.07 Å². The van der Waals surface area contributed by atoms with Gasteiger partial charge in [-0.3, -0.25) is 4.79 Å². The van der Waals surface area contributed by atoms with E-state index in [1.165, 1.54) is 42.5 Å². The number of ether oxygens (including phenoxy) is 2. The van der Waals surface area contributed by atoms with Crippen LogP contribution in [0.4, 0.5) is 5.69 Å². The molecule has 0 radical (unpaired) electrons. The van der Waals surface area contributed by atoms with Crippen molar-refractivity contribution < 1.29 is 34.1 Å². The third-order valence-corrected chi connectivity index (χ3v) is 4.55. The molecule has 3 aromatic carbocycles. The van der Waals surface area contributed by atoms with E-state index in [0.29, 0.717) is 27.2 Å². The fraction of sp³-hybridized carbons (Fsp3) is 0.0952. The lowest BCUT2D eigenvalue weighted by atomic mass is 10.1. The summed E-state index contributed by atoms with van der Waals surface area (Å²) in [5.74, 6) is -2.31. The summed E-state index contributed by atoms with van der Waals surface area (Å²) in [7, 11) is 0. The molecule has 0 aliphatic heterocycles. The molecule has 160 valence electrons. The van der Waals surface area contributed by atoms with Crippen molar-refractivity contribution in [2.75, 3.05) is 18.5 Å². The quantitative estimate of drug-likeness (QED) is 0.454. The van der Waals surface area contributed by atoms with Crippen molar-refractivity contribution in [3.63, 3.8) is 0 Å². The lowest BCUT2D eigenvalue weighted by Crippen LogP contribution is -2.20. The van der Waals surface area contributed by atoms with Crippen LogP contribution < -0.4 is 14.8 Å². The van der Waals surface area contributed by atoms with E-state index in [9.17, 15) is 19.5 Å². The van der Waals surface area contributed by atoms with Crippen molar-refractivity contribution in [2.24, 2.45) is 0 Å². The van der Waals surface area contributed by atoms with Crippen molar-refractivity contribution >= 4 is 57.5 Å². The molecule has 1 amide bonds. The Hall–Kier alpha value is -3.49. The highest BCUT2D eigenvalue weighted by Gasteiger charge is 2.15. The zero-order valence-electron chi connectivity index (χ0n) is 15.7. The molecular weight excluding hydrogens is 449 g/mol. The minimum absolute atomic E-state index is 0.0433. The number of amides is 1. The van der Waals surface area contributed by atoms with Crippen molar-refractivity contribution in [1.82, 2.24) is 0 Å². The first-order valence-corrected chi connectivity index (χ1v) is 9.52. The van der Waals surface area contributed by atoms with E-state index in [1.807, 2.05) is 0 Å². The molecule has 0 aliphatic rings. The Morgan fingerprint density at radius 3 is 2.26 bits per heavy atom. The van der Waals surface area contributed by atoms with Crippen molar-refractivity contribution in [3.05, 3.63) is 64.1 Å². The smallest absolute Gasteiger partial charge is 0.341 e. The van der Waals surface area contributed by atoms with Gasteiger partial charge in [0.05, 0.1) is 10.6 Å². The number of carbonyl (C=O) groups is 3. The molecule has 8 nitrogen and oxygen atoms in total. The molecule has 3 aromatic rings. The molecule has 0 fully saturated rings. The molecule has 31 heavy (non-hydrogen) atoms. The highest BCUT2D eigenvalue weighted by molar-refractivity contribution is 6.39. The Morgan fingerprint density at radius 2 is 1.61 bits per heavy atom. The van der Waals surface area contributed by atoms with Gasteiger partial charge in [-0.05, 0) is 53.9 Å². The number of carbonyl (C=O) groups excluding carboxylic acids is 1. The van der Waals surface area contributed by atoms with Gasteiger partial charge in [0.15, 0.2) is 13.2 Å². The third-order valence-electron chi connectivity index (χ3n) is 4.04. The average molecular weight is 464 g/mol. The summed E-state index contributed by atoms with van der Waals surface area (Å²) in [6, 6.07) is 11.8. The first-order valence-electron chi connectivity index (χ1n) is 8.76. The number of fused-ring (bicyclic) bond motifs is 1. The van der Waals surface area contributed by atoms with Gasteiger partial charge in [0.25, 0.3) is 5.91 Å². The Kier molecular flexibility index (Phi) is 6.84. The summed E-state index contributed by atoms with van der Waals surface area (Å²) in [6.45, 7) is -0.884. The van der Waals surface area contributed by atoms with Crippen LogP contribution in [0, 0.1) is 0 Å². The van der Waals surface area contributed by atoms with Gasteiger partial charge in [0, 0.05) is 16.1 Å². The third kappa shape index (κ3) is 5.78. The van der Waals surface area contributed by atoms with Gasteiger partial charge in [-0.1, -0.05) is 23.2 Å². The molecule has 0 heterocycles. The number of anilines is 1. The molecule has 3 rings (SSSR count). The summed E-state index contributed by atoms with van der Waals surface area (Å²) in [6.07, 6.45) is 0. The molecule has 0 bridgehead atoms. The van der Waals surface area contributed by atoms with Gasteiger partial charge in [-0.15, -0.1) is 0 Å². The second kappa shape index (κ2) is 9.55. The van der Waals surface area contributed by atoms with Crippen LogP contribution in [-0.2, 0) is 9.59 Å². The standard InChI is InChI=1S/C21H15Cl2NO7/c22-13-6-11-5-12(21(28)29)7-17(20(11)16(23)8-13)31-9-18(25)24-14-1-3-15(4-2-14)30-10-19(26)27/h1-8H,9-10H2,(H,24,25)(H,26,27)(H,28,29). The van der Waals surface area contributed by atoms with Crippen LogP contribution in [0.3, 0.4) is 0 Å². The highest BCUT2D eigenvalue weighted by Crippen LogP contribution is 2.36. The number of benzene rings is 3. The monoisotopic (exact) mass is 463 g/mol. The maximum atomic E-state index is 12.3. The van der Waals surface area contributed by atoms with Crippen LogP contribution in [0.1, 0.15) is 10.4 Å². The summed E-state index contributed by atoms with van der Waals surface area (Å²) in [4.78, 5) is 34.2. The Bertz CT molecular complexity index is 1160. The van der Waals surface area contributed by atoms with Crippen LogP contribution in [0.25, 0.3) is 10.8 Å². The van der Waals surface area contributed by atoms with E-state index in [0.717, 1.165) is 0 Å². The SMILES string of the molecule is O=C(O)COc1ccc(NC(=O)COc2cc(C(=O)O)cc3cc(Cl)cc(Cl)c23)cc1. The Morgan fingerprint density at radius 1 is 0.903 bits per heavy atom. The number of aliphatic carboxylic acids is 1. The van der Waals surface area contributed by atoms with Gasteiger partial charge in [0.2, 0.25) is 0 Å². The molecule has 0 atom stereocenters. The summed E-state index contributed by atoms with van der Waals surface area (Å²) in [5, 5.41) is 22.0. The van der Waals surface area contributed by atoms with Gasteiger partial charge < -0.3 is 25.0 Å². The summed E-state index contributed by atoms with van der Waals surface area (Å²) in [5.41, 5.74) is 0.392. The van der Waals surface area contributed by atoms with Gasteiger partial charge in [-0.25, -0.2) is 9.59 Å². The van der Waals surface area contributed by atoms with Crippen molar-refractivity contribution in [1.29, 1.82) is 0 Å². The number of carboxylic acids is 2. The lowest BCUT2D eigenvalue weighted by Gasteiger charge is -2.13. The Labute approximate surface area is 185 Å². The van der Waals surface area contributed by atoms with Crippen LogP contribution in [-0.4, -0.2) is 41.3 Å². The second-order valence-electron chi connectivity index (χ2n) is 6.31. The average Bonchev–Trinajstić information content (AvgIpc) is 2.70. The van der Waals surface area contributed by atoms with Crippen LogP contribution in [0.15, 0.2) is 48.5 Å². The highest BCUT2D eigenvalue weighted by atomic mass is 35.5. The van der Waals surface area contributed by atoms with E-state index >= 15 is 0 Å². The maximum Gasteiger partial charge on any atom is 0.341 e. The van der Waals surface area contributed by atoms with Gasteiger partial charge in [-0.2, -0.15) is 0 Å². The minimum Gasteiger partial charge on any atom is -0.483 e. The van der Waals surface area contributed by atoms with Crippen molar-refractivity contribution in [3.8, 4) is 11.5 Å². The van der Waals surface area contributed by atoms with E-state index in [-0.39, 0.29) is 16.3 Å². The van der Waals surface area contributed by atoms with Gasteiger partial charge >= 0.3 is 11.9 Å². The molecule has 0 spiro atoms. The van der Waals surface area contributed by atoms with Gasteiger partial charge in [0.1, 0.15) is 11.5 Å². The second-order valence-corrected chi connectivity index (χ2v) is 7.15. The number of halogens is 2. The van der Waals surface area contributed by atoms with E-state index in [4.69, 9.17) is 37.8 Å². The summed E-state index contributed by atoms with van der Waals surface area (Å²) >= 11 is 12.2. The zero-order valence-corrected chi connectivity index (χ0v) is 17.2. The lowest BCUT2D eigenvalue weighted by molar-refractivity contribution is -0.139. The predicted octanol–water partition coefficient (Wildman–Crippen LogP) is 4.33. The molecule has 0 unspecified atom stereocenters. The molecule has 0 aliphatic carbocycles. The van der Waals surface area contributed by atoms with Crippen LogP contribution in [0.2, 0.25) is 10.0 Å². The summed E-state index contributed by atoms with van der Waals surface area (Å²) < 4.78 is 10.6. The van der Waals surface area contributed by atoms with Crippen LogP contribution >= 0.6 is 23.2 Å². The largest absolute Gasteiger partial charge is 0.483 e. The topological polar surface area (TPSA) is 122 Å². The molecule has 10 heteroatoms. The number of hydrogen-bond acceptors (Lipinski definition) is 5. The first-order chi connectivity index (χ1) is 14.7. The van der Waals surface area contributed by atoms with Crippen LogP contribution in [0.5, 0.6) is 11.5 Å². The number of nitrogens with one attached hydrogen (secondary N) is 1. The fourth-order valence-electron chi connectivity index (χ4n) is 2.75. The molecule has 0 saturated heterocycles. The number of aromatic carboxylic acids is 1. The normalized spacial score (nSPS) is 10.5. The van der Waals surface area contributed by atoms with E-state index < -0.39 is 31.1 Å². The molecule has 0 saturated carbocycles. The molecule has 0 aromatic heterocycles. The zero-order chi connectivity index (χ0) is 22.5. The predicted molar refractivity (Wildman–Crippen MR) is 115 cm³/mol.